The molecule has 0 radical (unpaired) electrons. The van der Waals surface area contributed by atoms with Crippen molar-refractivity contribution in [2.45, 2.75) is 26.4 Å². The van der Waals surface area contributed by atoms with Crippen molar-refractivity contribution in [3.8, 4) is 5.75 Å². The number of ether oxygens (including phenoxy) is 1. The maximum Gasteiger partial charge on any atom is 0.312 e. The van der Waals surface area contributed by atoms with Crippen LogP contribution in [0.3, 0.4) is 0 Å². The number of hydrogen-bond acceptors (Lipinski definition) is 4. The van der Waals surface area contributed by atoms with E-state index in [1.54, 1.807) is 26.0 Å². The van der Waals surface area contributed by atoms with Crippen molar-refractivity contribution in [3.05, 3.63) is 32.8 Å². The summed E-state index contributed by atoms with van der Waals surface area (Å²) in [5.41, 5.74) is -0.678. The normalized spacial score (nSPS) is 21.3. The van der Waals surface area contributed by atoms with E-state index in [-0.39, 0.29) is 23.3 Å². The van der Waals surface area contributed by atoms with Crippen molar-refractivity contribution in [2.75, 3.05) is 0 Å². The second-order valence-electron chi connectivity index (χ2n) is 4.80. The summed E-state index contributed by atoms with van der Waals surface area (Å²) in [6.07, 6.45) is -0.0201. The minimum atomic E-state index is -0.580. The highest BCUT2D eigenvalue weighted by Crippen LogP contribution is 2.43. The summed E-state index contributed by atoms with van der Waals surface area (Å²) in [4.78, 5) is 21.9. The van der Waals surface area contributed by atoms with Crippen LogP contribution in [0.4, 0.5) is 5.69 Å². The lowest BCUT2D eigenvalue weighted by molar-refractivity contribution is -0.386. The Hall–Kier alpha value is -1.43. The molecule has 0 saturated heterocycles. The first kappa shape index (κ1) is 13.0. The predicted molar refractivity (Wildman–Crippen MR) is 68.6 cm³/mol. The Kier molecular flexibility index (Phi) is 3.14. The van der Waals surface area contributed by atoms with Gasteiger partial charge in [0.15, 0.2) is 0 Å². The number of nitro groups is 1. The lowest BCUT2D eigenvalue weighted by Crippen LogP contribution is -2.53. The number of halogens is 1. The van der Waals surface area contributed by atoms with Gasteiger partial charge in [0, 0.05) is 12.5 Å². The van der Waals surface area contributed by atoms with Crippen molar-refractivity contribution in [1.82, 2.24) is 0 Å². The smallest absolute Gasteiger partial charge is 0.312 e. The molecule has 5 nitrogen and oxygen atoms in total. The monoisotopic (exact) mass is 313 g/mol. The van der Waals surface area contributed by atoms with Crippen molar-refractivity contribution in [2.24, 2.45) is 5.41 Å². The SMILES string of the molecule is CC1(C)C(=O)CC1Oc1c(Br)cccc1[N+](=O)[O-]. The summed E-state index contributed by atoms with van der Waals surface area (Å²) in [5, 5.41) is 10.9. The van der Waals surface area contributed by atoms with Gasteiger partial charge < -0.3 is 4.74 Å². The van der Waals surface area contributed by atoms with E-state index < -0.39 is 10.3 Å². The quantitative estimate of drug-likeness (QED) is 0.635. The molecule has 1 aliphatic rings. The molecule has 0 heterocycles. The summed E-state index contributed by atoms with van der Waals surface area (Å²) in [7, 11) is 0. The third-order valence-corrected chi connectivity index (χ3v) is 3.92. The molecule has 0 spiro atoms. The third-order valence-electron chi connectivity index (χ3n) is 3.30. The summed E-state index contributed by atoms with van der Waals surface area (Å²) in [6.45, 7) is 3.57. The van der Waals surface area contributed by atoms with Crippen molar-refractivity contribution < 1.29 is 14.5 Å². The van der Waals surface area contributed by atoms with E-state index in [1.807, 2.05) is 0 Å². The van der Waals surface area contributed by atoms with Gasteiger partial charge in [-0.25, -0.2) is 0 Å². The van der Waals surface area contributed by atoms with Crippen molar-refractivity contribution in [3.63, 3.8) is 0 Å². The molecule has 0 bridgehead atoms. The van der Waals surface area contributed by atoms with Crippen LogP contribution in [0.5, 0.6) is 5.75 Å². The Bertz CT molecular complexity index is 527. The molecule has 2 rings (SSSR count). The topological polar surface area (TPSA) is 69.4 Å². The number of Topliss-reactive ketones (excluding diaryl/α,β-unsaturated/α-hetero) is 1. The molecule has 1 saturated carbocycles. The van der Waals surface area contributed by atoms with Crippen molar-refractivity contribution >= 4 is 27.4 Å². The minimum absolute atomic E-state index is 0.0977. The van der Waals surface area contributed by atoms with Gasteiger partial charge in [-0.05, 0) is 35.8 Å². The number of hydrogen-bond donors (Lipinski definition) is 0. The molecule has 1 aromatic carbocycles. The first-order chi connectivity index (χ1) is 8.34. The van der Waals surface area contributed by atoms with Crippen LogP contribution >= 0.6 is 15.9 Å². The highest BCUT2D eigenvalue weighted by atomic mass is 79.9. The van der Waals surface area contributed by atoms with E-state index in [0.29, 0.717) is 10.9 Å². The first-order valence-corrected chi connectivity index (χ1v) is 6.26. The van der Waals surface area contributed by atoms with Gasteiger partial charge in [0.25, 0.3) is 0 Å². The molecule has 18 heavy (non-hydrogen) atoms. The standard InChI is InChI=1S/C12H12BrNO4/c1-12(2)9(15)6-10(12)18-11-7(13)4-3-5-8(11)14(16)17/h3-5,10H,6H2,1-2H3. The van der Waals surface area contributed by atoms with Gasteiger partial charge in [0.1, 0.15) is 11.9 Å². The number of nitrogens with zero attached hydrogens (tertiary/aromatic N) is 1. The number of para-hydroxylation sites is 1. The van der Waals surface area contributed by atoms with E-state index in [9.17, 15) is 14.9 Å². The van der Waals surface area contributed by atoms with E-state index in [1.165, 1.54) is 6.07 Å². The number of ketones is 1. The Morgan fingerprint density at radius 2 is 2.17 bits per heavy atom. The fourth-order valence-corrected chi connectivity index (χ4v) is 2.27. The van der Waals surface area contributed by atoms with Gasteiger partial charge in [-0.2, -0.15) is 0 Å². The summed E-state index contributed by atoms with van der Waals surface area (Å²) >= 11 is 3.24. The fraction of sp³-hybridized carbons (Fsp3) is 0.417. The number of carbonyl (C=O) groups excluding carboxylic acids is 1. The van der Waals surface area contributed by atoms with Crippen LogP contribution in [0, 0.1) is 15.5 Å². The number of benzene rings is 1. The zero-order valence-electron chi connectivity index (χ0n) is 9.97. The average molecular weight is 314 g/mol. The van der Waals surface area contributed by atoms with Crippen LogP contribution < -0.4 is 4.74 Å². The molecule has 0 aliphatic heterocycles. The first-order valence-electron chi connectivity index (χ1n) is 5.47. The van der Waals surface area contributed by atoms with E-state index >= 15 is 0 Å². The van der Waals surface area contributed by atoms with Crippen LogP contribution in [-0.2, 0) is 4.79 Å². The third kappa shape index (κ3) is 2.01. The van der Waals surface area contributed by atoms with Gasteiger partial charge in [-0.1, -0.05) is 6.07 Å². The molecule has 0 aromatic heterocycles. The van der Waals surface area contributed by atoms with Gasteiger partial charge in [-0.3, -0.25) is 14.9 Å². The molecule has 1 fully saturated rings. The van der Waals surface area contributed by atoms with E-state index in [2.05, 4.69) is 15.9 Å². The fourth-order valence-electron chi connectivity index (χ4n) is 1.82. The summed E-state index contributed by atoms with van der Waals surface area (Å²) < 4.78 is 6.17. The van der Waals surface area contributed by atoms with Crippen LogP contribution in [-0.4, -0.2) is 16.8 Å². The average Bonchev–Trinajstić information content (AvgIpc) is 2.30. The molecule has 1 aromatic rings. The second kappa shape index (κ2) is 4.35. The molecule has 0 N–H and O–H groups in total. The highest BCUT2D eigenvalue weighted by Gasteiger charge is 2.49. The number of carbonyl (C=O) groups is 1. The van der Waals surface area contributed by atoms with E-state index in [0.717, 1.165) is 0 Å². The molecule has 6 heteroatoms. The zero-order valence-corrected chi connectivity index (χ0v) is 11.6. The largest absolute Gasteiger partial charge is 0.481 e. The van der Waals surface area contributed by atoms with Gasteiger partial charge in [-0.15, -0.1) is 0 Å². The molecule has 0 amide bonds. The Labute approximate surface area is 112 Å². The molecule has 1 atom stereocenters. The molecular weight excluding hydrogens is 302 g/mol. The molecule has 1 unspecified atom stereocenters. The van der Waals surface area contributed by atoms with Crippen LogP contribution in [0.1, 0.15) is 20.3 Å². The minimum Gasteiger partial charge on any atom is -0.481 e. The highest BCUT2D eigenvalue weighted by molar-refractivity contribution is 9.10. The molecular formula is C12H12BrNO4. The Morgan fingerprint density at radius 1 is 1.50 bits per heavy atom. The lowest BCUT2D eigenvalue weighted by Gasteiger charge is -2.41. The van der Waals surface area contributed by atoms with E-state index in [4.69, 9.17) is 4.74 Å². The van der Waals surface area contributed by atoms with Gasteiger partial charge >= 0.3 is 5.69 Å². The summed E-state index contributed by atoms with van der Waals surface area (Å²) in [6, 6.07) is 4.63. The van der Waals surface area contributed by atoms with Crippen LogP contribution in [0.2, 0.25) is 0 Å². The van der Waals surface area contributed by atoms with Gasteiger partial charge in [0.2, 0.25) is 5.75 Å². The Balaban J connectivity index is 2.30. The lowest BCUT2D eigenvalue weighted by atomic mass is 9.68. The van der Waals surface area contributed by atoms with Crippen LogP contribution in [0.15, 0.2) is 22.7 Å². The van der Waals surface area contributed by atoms with Gasteiger partial charge in [0.05, 0.1) is 14.8 Å². The summed E-state index contributed by atoms with van der Waals surface area (Å²) in [5.74, 6) is 0.301. The maximum absolute atomic E-state index is 11.4. The molecule has 96 valence electrons. The predicted octanol–water partition coefficient (Wildman–Crippen LogP) is 3.10. The maximum atomic E-state index is 11.4. The van der Waals surface area contributed by atoms with Crippen LogP contribution in [0.25, 0.3) is 0 Å². The number of nitro benzene ring substituents is 1. The zero-order chi connectivity index (χ0) is 13.5. The Morgan fingerprint density at radius 3 is 2.67 bits per heavy atom. The van der Waals surface area contributed by atoms with Crippen molar-refractivity contribution in [1.29, 1.82) is 0 Å². The molecule has 1 aliphatic carbocycles. The number of rotatable bonds is 3. The second-order valence-corrected chi connectivity index (χ2v) is 5.66.